The Bertz CT molecular complexity index is 637. The van der Waals surface area contributed by atoms with E-state index >= 15 is 0 Å². The number of nitrogens with one attached hydrogen (secondary N) is 2. The summed E-state index contributed by atoms with van der Waals surface area (Å²) in [6.45, 7) is 5.78. The minimum absolute atomic E-state index is 0.177. The van der Waals surface area contributed by atoms with Gasteiger partial charge in [-0.05, 0) is 50.1 Å². The molecule has 20 heavy (non-hydrogen) atoms. The van der Waals surface area contributed by atoms with Crippen LogP contribution in [0.1, 0.15) is 16.8 Å². The number of carbonyl (C=O) groups is 1. The van der Waals surface area contributed by atoms with Gasteiger partial charge in [0, 0.05) is 11.4 Å². The van der Waals surface area contributed by atoms with Gasteiger partial charge in [0.15, 0.2) is 0 Å². The zero-order valence-electron chi connectivity index (χ0n) is 11.5. The summed E-state index contributed by atoms with van der Waals surface area (Å²) >= 11 is 5.81. The number of aryl methyl sites for hydroxylation is 3. The number of hydrogen-bond donors (Lipinski definition) is 2. The summed E-state index contributed by atoms with van der Waals surface area (Å²) in [5.74, 6) is 0.177. The van der Waals surface area contributed by atoms with Crippen LogP contribution in [-0.4, -0.2) is 16.0 Å². The summed E-state index contributed by atoms with van der Waals surface area (Å²) in [4.78, 5) is 19.9. The fraction of sp³-hybridized carbons (Fsp3) is 0.214. The minimum Gasteiger partial charge on any atom is -0.308 e. The number of hydrogen-bond acceptors (Lipinski definition) is 3. The number of nitrogens with zero attached hydrogens (tertiary/aromatic N) is 2. The monoisotopic (exact) mass is 290 g/mol. The van der Waals surface area contributed by atoms with Gasteiger partial charge in [-0.2, -0.15) is 0 Å². The molecule has 0 atom stereocenters. The van der Waals surface area contributed by atoms with Crippen LogP contribution in [0.2, 0.25) is 5.15 Å². The number of halogens is 1. The lowest BCUT2D eigenvalue weighted by atomic mass is 10.1. The highest BCUT2D eigenvalue weighted by atomic mass is 35.5. The van der Waals surface area contributed by atoms with E-state index in [1.807, 2.05) is 32.0 Å². The minimum atomic E-state index is -0.407. The number of benzene rings is 1. The topological polar surface area (TPSA) is 66.9 Å². The van der Waals surface area contributed by atoms with E-state index in [1.165, 1.54) is 5.56 Å². The predicted molar refractivity (Wildman–Crippen MR) is 80.3 cm³/mol. The molecule has 1 heterocycles. The molecule has 0 aliphatic heterocycles. The highest BCUT2D eigenvalue weighted by molar-refractivity contribution is 6.29. The van der Waals surface area contributed by atoms with Gasteiger partial charge in [-0.1, -0.05) is 17.7 Å². The zero-order chi connectivity index (χ0) is 14.7. The SMILES string of the molecule is Cc1cc(Cl)nc(NC(=O)Nc2ccc(C)c(C)c2)n1. The first-order chi connectivity index (χ1) is 9.44. The van der Waals surface area contributed by atoms with E-state index in [4.69, 9.17) is 11.6 Å². The highest BCUT2D eigenvalue weighted by Gasteiger charge is 2.07. The standard InChI is InChI=1S/C14H15ClN4O/c1-8-4-5-11(6-9(8)2)17-14(20)19-13-16-10(3)7-12(15)18-13/h4-7H,1-3H3,(H2,16,17,18,19,20). The van der Waals surface area contributed by atoms with E-state index in [0.717, 1.165) is 5.56 Å². The fourth-order valence-electron chi connectivity index (χ4n) is 1.67. The Balaban J connectivity index is 2.06. The summed E-state index contributed by atoms with van der Waals surface area (Å²) in [5, 5.41) is 5.56. The van der Waals surface area contributed by atoms with Crippen LogP contribution in [0.25, 0.3) is 0 Å². The molecule has 2 N–H and O–H groups in total. The first-order valence-corrected chi connectivity index (χ1v) is 6.48. The Morgan fingerprint density at radius 3 is 2.45 bits per heavy atom. The Kier molecular flexibility index (Phi) is 4.20. The van der Waals surface area contributed by atoms with Crippen molar-refractivity contribution < 1.29 is 4.79 Å². The number of rotatable bonds is 2. The van der Waals surface area contributed by atoms with Gasteiger partial charge in [0.2, 0.25) is 5.95 Å². The van der Waals surface area contributed by atoms with Gasteiger partial charge in [-0.15, -0.1) is 0 Å². The van der Waals surface area contributed by atoms with Gasteiger partial charge in [-0.3, -0.25) is 5.32 Å². The maximum absolute atomic E-state index is 11.9. The van der Waals surface area contributed by atoms with E-state index in [-0.39, 0.29) is 5.95 Å². The lowest BCUT2D eigenvalue weighted by Crippen LogP contribution is -2.21. The van der Waals surface area contributed by atoms with Crippen molar-refractivity contribution >= 4 is 29.3 Å². The summed E-state index contributed by atoms with van der Waals surface area (Å²) in [7, 11) is 0. The maximum Gasteiger partial charge on any atom is 0.326 e. The molecule has 104 valence electrons. The molecule has 6 heteroatoms. The van der Waals surface area contributed by atoms with Crippen LogP contribution < -0.4 is 10.6 Å². The van der Waals surface area contributed by atoms with Crippen molar-refractivity contribution in [2.24, 2.45) is 0 Å². The quantitative estimate of drug-likeness (QED) is 0.829. The van der Waals surface area contributed by atoms with E-state index in [2.05, 4.69) is 20.6 Å². The summed E-state index contributed by atoms with van der Waals surface area (Å²) in [5.41, 5.74) is 3.68. The third-order valence-corrected chi connectivity index (χ3v) is 3.01. The molecular weight excluding hydrogens is 276 g/mol. The molecule has 1 aromatic heterocycles. The maximum atomic E-state index is 11.9. The van der Waals surface area contributed by atoms with Gasteiger partial charge in [0.25, 0.3) is 0 Å². The number of amides is 2. The second kappa shape index (κ2) is 5.88. The lowest BCUT2D eigenvalue weighted by Gasteiger charge is -2.08. The van der Waals surface area contributed by atoms with Crippen molar-refractivity contribution in [2.75, 3.05) is 10.6 Å². The molecule has 1 aromatic carbocycles. The predicted octanol–water partition coefficient (Wildman–Crippen LogP) is 3.70. The fourth-order valence-corrected chi connectivity index (χ4v) is 1.91. The largest absolute Gasteiger partial charge is 0.326 e. The van der Waals surface area contributed by atoms with Crippen molar-refractivity contribution in [3.8, 4) is 0 Å². The first-order valence-electron chi connectivity index (χ1n) is 6.10. The molecular formula is C14H15ClN4O. The third-order valence-electron chi connectivity index (χ3n) is 2.81. The molecule has 0 bridgehead atoms. The second-order valence-corrected chi connectivity index (χ2v) is 4.92. The Morgan fingerprint density at radius 2 is 1.80 bits per heavy atom. The molecule has 2 rings (SSSR count). The third kappa shape index (κ3) is 3.68. The summed E-state index contributed by atoms with van der Waals surface area (Å²) < 4.78 is 0. The second-order valence-electron chi connectivity index (χ2n) is 4.53. The average molecular weight is 291 g/mol. The van der Waals surface area contributed by atoms with E-state index in [0.29, 0.717) is 16.5 Å². The van der Waals surface area contributed by atoms with Crippen LogP contribution in [-0.2, 0) is 0 Å². The molecule has 0 spiro atoms. The zero-order valence-corrected chi connectivity index (χ0v) is 12.2. The molecule has 0 aliphatic carbocycles. The van der Waals surface area contributed by atoms with Crippen LogP contribution in [0.3, 0.4) is 0 Å². The molecule has 0 saturated carbocycles. The molecule has 0 aliphatic rings. The number of anilines is 2. The summed E-state index contributed by atoms with van der Waals surface area (Å²) in [6.07, 6.45) is 0. The number of aromatic nitrogens is 2. The van der Waals surface area contributed by atoms with Crippen LogP contribution in [0.5, 0.6) is 0 Å². The summed E-state index contributed by atoms with van der Waals surface area (Å²) in [6, 6.07) is 6.90. The Hall–Kier alpha value is -2.14. The van der Waals surface area contributed by atoms with Gasteiger partial charge in [0.05, 0.1) is 0 Å². The molecule has 0 radical (unpaired) electrons. The van der Waals surface area contributed by atoms with Crippen LogP contribution in [0.4, 0.5) is 16.4 Å². The van der Waals surface area contributed by atoms with Crippen LogP contribution in [0.15, 0.2) is 24.3 Å². The first kappa shape index (κ1) is 14.3. The molecule has 5 nitrogen and oxygen atoms in total. The van der Waals surface area contributed by atoms with Crippen molar-refractivity contribution in [3.63, 3.8) is 0 Å². The number of carbonyl (C=O) groups excluding carboxylic acids is 1. The van der Waals surface area contributed by atoms with Crippen molar-refractivity contribution in [1.82, 2.24) is 9.97 Å². The Labute approximate surface area is 122 Å². The van der Waals surface area contributed by atoms with Crippen molar-refractivity contribution in [1.29, 1.82) is 0 Å². The van der Waals surface area contributed by atoms with Crippen molar-refractivity contribution in [3.05, 3.63) is 46.2 Å². The molecule has 2 aromatic rings. The average Bonchev–Trinajstić information content (AvgIpc) is 2.32. The van der Waals surface area contributed by atoms with Gasteiger partial charge in [0.1, 0.15) is 5.15 Å². The van der Waals surface area contributed by atoms with E-state index < -0.39 is 6.03 Å². The highest BCUT2D eigenvalue weighted by Crippen LogP contribution is 2.15. The molecule has 0 unspecified atom stereocenters. The van der Waals surface area contributed by atoms with Gasteiger partial charge in [-0.25, -0.2) is 14.8 Å². The van der Waals surface area contributed by atoms with E-state index in [1.54, 1.807) is 13.0 Å². The molecule has 2 amide bonds. The van der Waals surface area contributed by atoms with Crippen LogP contribution in [0, 0.1) is 20.8 Å². The molecule has 0 fully saturated rings. The van der Waals surface area contributed by atoms with Gasteiger partial charge >= 0.3 is 6.03 Å². The van der Waals surface area contributed by atoms with Crippen molar-refractivity contribution in [2.45, 2.75) is 20.8 Å². The smallest absolute Gasteiger partial charge is 0.308 e. The lowest BCUT2D eigenvalue weighted by molar-refractivity contribution is 0.262. The van der Waals surface area contributed by atoms with Gasteiger partial charge < -0.3 is 5.32 Å². The molecule has 0 saturated heterocycles. The van der Waals surface area contributed by atoms with Crippen LogP contribution >= 0.6 is 11.6 Å². The normalized spacial score (nSPS) is 10.2. The van der Waals surface area contributed by atoms with E-state index in [9.17, 15) is 4.79 Å². The number of urea groups is 1. The Morgan fingerprint density at radius 1 is 1.05 bits per heavy atom.